The highest BCUT2D eigenvalue weighted by Crippen LogP contribution is 2.48. The average Bonchev–Trinajstić information content (AvgIpc) is 3.43. The molecule has 2 amide bonds. The van der Waals surface area contributed by atoms with Crippen molar-refractivity contribution in [3.05, 3.63) is 141 Å². The molecule has 2 aliphatic rings. The molecule has 0 aromatic heterocycles. The van der Waals surface area contributed by atoms with Crippen LogP contribution in [-0.4, -0.2) is 59.7 Å². The Hall–Kier alpha value is -4.91. The summed E-state index contributed by atoms with van der Waals surface area (Å²) in [5.41, 5.74) is 2.56. The maximum atomic E-state index is 14.3. The second-order valence-electron chi connectivity index (χ2n) is 15.7. The molecule has 0 spiro atoms. The highest BCUT2D eigenvalue weighted by atomic mass is 35.5. The van der Waals surface area contributed by atoms with E-state index in [4.69, 9.17) is 16.0 Å². The van der Waals surface area contributed by atoms with E-state index in [2.05, 4.69) is 45.0 Å². The van der Waals surface area contributed by atoms with Crippen LogP contribution in [0.25, 0.3) is 6.08 Å². The summed E-state index contributed by atoms with van der Waals surface area (Å²) in [7, 11) is -3.11. The molecule has 12 heteroatoms. The van der Waals surface area contributed by atoms with Gasteiger partial charge in [-0.15, -0.1) is 0 Å². The Morgan fingerprint density at radius 1 is 0.982 bits per heavy atom. The predicted molar refractivity (Wildman–Crippen MR) is 220 cm³/mol. The van der Waals surface area contributed by atoms with Gasteiger partial charge in [0, 0.05) is 18.1 Å². The summed E-state index contributed by atoms with van der Waals surface area (Å²) in [6.07, 6.45) is 1.54. The molecule has 0 radical (unpaired) electrons. The number of fused-ring (bicyclic) bond motifs is 1. The Balaban J connectivity index is 1.42. The summed E-state index contributed by atoms with van der Waals surface area (Å²) < 4.78 is 7.33. The summed E-state index contributed by atoms with van der Waals surface area (Å²) >= 11 is 6.37. The highest BCUT2D eigenvalue weighted by Gasteiger charge is 2.56. The Labute approximate surface area is 333 Å². The van der Waals surface area contributed by atoms with Gasteiger partial charge in [0.15, 0.2) is 0 Å². The van der Waals surface area contributed by atoms with Crippen LogP contribution in [0, 0.1) is 27.9 Å². The highest BCUT2D eigenvalue weighted by molar-refractivity contribution is 6.99. The maximum Gasteiger partial charge on any atom is 0.271 e. The van der Waals surface area contributed by atoms with Crippen molar-refractivity contribution in [1.82, 2.24) is 0 Å². The van der Waals surface area contributed by atoms with Crippen LogP contribution in [0.5, 0.6) is 5.75 Å². The zero-order chi connectivity index (χ0) is 40.4. The standard InChI is InChI=1S/C44H47ClN2O8Si/c1-28(22-29-19-20-33(49)25-38(29)45)18-21-39(50)40-30(27-55-56(44(2,3)4,34-14-7-5-8-15-34)35-16-9-6-10-17-35)23-36-41(37(40)26-48)43(52)46(42(36)51)31-12-11-13-32(24-31)47(53)54/h5-17,19-20,22,24-25,36-37,39,41,48-50H,18,21,23,26-27H2,1-4H3/b28-22+/t36-,37+,39-,41-/m1/s1. The van der Waals surface area contributed by atoms with Crippen molar-refractivity contribution in [2.24, 2.45) is 17.8 Å². The van der Waals surface area contributed by atoms with Crippen LogP contribution >= 0.6 is 11.6 Å². The van der Waals surface area contributed by atoms with Gasteiger partial charge in [-0.25, -0.2) is 4.90 Å². The molecule has 1 saturated heterocycles. The molecule has 56 heavy (non-hydrogen) atoms. The first kappa shape index (κ1) is 40.7. The Kier molecular flexibility index (Phi) is 12.1. The molecule has 1 aliphatic carbocycles. The lowest BCUT2D eigenvalue weighted by Gasteiger charge is -2.44. The maximum absolute atomic E-state index is 14.3. The number of non-ortho nitro benzene ring substituents is 1. The minimum atomic E-state index is -3.11. The van der Waals surface area contributed by atoms with Crippen molar-refractivity contribution in [2.45, 2.75) is 58.1 Å². The molecule has 1 aliphatic heterocycles. The Morgan fingerprint density at radius 2 is 1.62 bits per heavy atom. The number of carbonyl (C=O) groups excluding carboxylic acids is 2. The third-order valence-electron chi connectivity index (χ3n) is 11.1. The number of amides is 2. The van der Waals surface area contributed by atoms with E-state index in [-0.39, 0.29) is 41.6 Å². The molecule has 4 aromatic rings. The molecule has 1 heterocycles. The number of aliphatic hydroxyl groups excluding tert-OH is 2. The molecule has 0 saturated carbocycles. The molecule has 3 N–H and O–H groups in total. The third-order valence-corrected chi connectivity index (χ3v) is 16.4. The zero-order valence-corrected chi connectivity index (χ0v) is 33.6. The van der Waals surface area contributed by atoms with E-state index in [0.717, 1.165) is 20.8 Å². The van der Waals surface area contributed by atoms with Gasteiger partial charge in [-0.1, -0.05) is 111 Å². The van der Waals surface area contributed by atoms with Crippen LogP contribution in [0.1, 0.15) is 52.5 Å². The van der Waals surface area contributed by atoms with Gasteiger partial charge in [0.25, 0.3) is 14.0 Å². The number of anilines is 1. The van der Waals surface area contributed by atoms with Crippen LogP contribution in [0.15, 0.2) is 120 Å². The number of hydrogen-bond acceptors (Lipinski definition) is 8. The van der Waals surface area contributed by atoms with E-state index < -0.39 is 55.5 Å². The number of benzene rings is 4. The fourth-order valence-electron chi connectivity index (χ4n) is 8.54. The van der Waals surface area contributed by atoms with Crippen molar-refractivity contribution in [3.63, 3.8) is 0 Å². The number of aromatic hydroxyl groups is 1. The SMILES string of the molecule is C/C(=C\c1ccc(O)cc1Cl)CC[C@@H](O)C1=C(CO[Si](c2ccccc2)(c2ccccc2)C(C)(C)C)C[C@H]2C(=O)N(c3cccc([N+](=O)[O-])c3)C(=O)[C@H]2[C@H]1CO. The zero-order valence-electron chi connectivity index (χ0n) is 31.9. The van der Waals surface area contributed by atoms with Gasteiger partial charge in [0.1, 0.15) is 5.75 Å². The summed E-state index contributed by atoms with van der Waals surface area (Å²) in [5.74, 6) is -3.84. The van der Waals surface area contributed by atoms with E-state index in [1.54, 1.807) is 12.1 Å². The minimum absolute atomic E-state index is 0.0373. The van der Waals surface area contributed by atoms with Crippen molar-refractivity contribution < 1.29 is 34.3 Å². The largest absolute Gasteiger partial charge is 0.508 e. The first-order valence-electron chi connectivity index (χ1n) is 18.7. The molecule has 0 bridgehead atoms. The second kappa shape index (κ2) is 16.7. The summed E-state index contributed by atoms with van der Waals surface area (Å²) in [4.78, 5) is 40.6. The summed E-state index contributed by atoms with van der Waals surface area (Å²) in [6, 6.07) is 30.3. The molecule has 4 aromatic carbocycles. The molecular weight excluding hydrogens is 748 g/mol. The van der Waals surface area contributed by atoms with Crippen LogP contribution in [0.2, 0.25) is 10.1 Å². The monoisotopic (exact) mass is 794 g/mol. The number of carbonyl (C=O) groups is 2. The average molecular weight is 795 g/mol. The Bertz CT molecular complexity index is 2130. The van der Waals surface area contributed by atoms with Gasteiger partial charge in [-0.05, 0) is 82.6 Å². The molecular formula is C44H47ClN2O8Si. The number of phenols is 1. The van der Waals surface area contributed by atoms with Crippen molar-refractivity contribution in [3.8, 4) is 5.75 Å². The number of hydrogen-bond donors (Lipinski definition) is 3. The predicted octanol–water partition coefficient (Wildman–Crippen LogP) is 7.19. The van der Waals surface area contributed by atoms with Gasteiger partial charge in [-0.2, -0.15) is 0 Å². The number of nitro groups is 1. The molecule has 0 unspecified atom stereocenters. The van der Waals surface area contributed by atoms with Crippen LogP contribution < -0.4 is 15.3 Å². The minimum Gasteiger partial charge on any atom is -0.508 e. The normalized spacial score (nSPS) is 19.7. The first-order chi connectivity index (χ1) is 26.7. The number of nitrogens with zero attached hydrogens (tertiary/aromatic N) is 2. The summed E-state index contributed by atoms with van der Waals surface area (Å²) in [5, 5.41) is 46.8. The fraction of sp³-hybridized carbons (Fsp3) is 0.318. The van der Waals surface area contributed by atoms with Crippen LogP contribution in [0.4, 0.5) is 11.4 Å². The Morgan fingerprint density at radius 3 is 2.20 bits per heavy atom. The molecule has 292 valence electrons. The van der Waals surface area contributed by atoms with Crippen molar-refractivity contribution in [1.29, 1.82) is 0 Å². The lowest BCUT2D eigenvalue weighted by Crippen LogP contribution is -2.66. The number of allylic oxidation sites excluding steroid dienone is 1. The second-order valence-corrected chi connectivity index (χ2v) is 20.4. The van der Waals surface area contributed by atoms with Crippen molar-refractivity contribution in [2.75, 3.05) is 18.1 Å². The number of phenolic OH excluding ortho intramolecular Hbond substituents is 1. The van der Waals surface area contributed by atoms with E-state index in [1.807, 2.05) is 49.4 Å². The van der Waals surface area contributed by atoms with Gasteiger partial charge in [0.2, 0.25) is 11.8 Å². The van der Waals surface area contributed by atoms with Gasteiger partial charge in [-0.3, -0.25) is 19.7 Å². The number of halogens is 1. The lowest BCUT2D eigenvalue weighted by molar-refractivity contribution is -0.384. The van der Waals surface area contributed by atoms with Gasteiger partial charge >= 0.3 is 0 Å². The molecule has 1 fully saturated rings. The van der Waals surface area contributed by atoms with Crippen molar-refractivity contribution >= 4 is 59.6 Å². The topological polar surface area (TPSA) is 150 Å². The van der Waals surface area contributed by atoms with Crippen LogP contribution in [-0.2, 0) is 14.0 Å². The first-order valence-corrected chi connectivity index (χ1v) is 21.0. The smallest absolute Gasteiger partial charge is 0.271 e. The number of nitro benzene ring substituents is 1. The fourth-order valence-corrected chi connectivity index (χ4v) is 13.3. The van der Waals surface area contributed by atoms with Gasteiger partial charge < -0.3 is 19.7 Å². The number of imide groups is 1. The van der Waals surface area contributed by atoms with E-state index >= 15 is 0 Å². The number of rotatable bonds is 13. The van der Waals surface area contributed by atoms with Gasteiger partial charge in [0.05, 0.1) is 46.8 Å². The molecule has 4 atom stereocenters. The summed E-state index contributed by atoms with van der Waals surface area (Å²) in [6.45, 7) is 7.90. The number of aliphatic hydroxyl groups is 2. The third kappa shape index (κ3) is 7.87. The van der Waals surface area contributed by atoms with Crippen LogP contribution in [0.3, 0.4) is 0 Å². The quantitative estimate of drug-likeness (QED) is 0.0423. The van der Waals surface area contributed by atoms with E-state index in [0.29, 0.717) is 28.2 Å². The lowest BCUT2D eigenvalue weighted by atomic mass is 9.68. The molecule has 10 nitrogen and oxygen atoms in total. The van der Waals surface area contributed by atoms with E-state index in [1.165, 1.54) is 30.3 Å². The van der Waals surface area contributed by atoms with E-state index in [9.17, 15) is 35.0 Å². The molecule has 6 rings (SSSR count).